The Bertz CT molecular complexity index is 887. The summed E-state index contributed by atoms with van der Waals surface area (Å²) in [5.41, 5.74) is 0.481. The van der Waals surface area contributed by atoms with Crippen molar-refractivity contribution in [2.24, 2.45) is 0 Å². The van der Waals surface area contributed by atoms with E-state index in [0.29, 0.717) is 16.8 Å². The van der Waals surface area contributed by atoms with Gasteiger partial charge in [-0.15, -0.1) is 5.10 Å². The second-order valence-electron chi connectivity index (χ2n) is 6.03. The predicted molar refractivity (Wildman–Crippen MR) is 95.5 cm³/mol. The van der Waals surface area contributed by atoms with E-state index in [4.69, 9.17) is 4.74 Å². The molecule has 0 saturated heterocycles. The molecule has 136 valence electrons. The minimum absolute atomic E-state index is 0.0711. The molecule has 2 aliphatic heterocycles. The third-order valence-corrected chi connectivity index (χ3v) is 4.78. The number of anilines is 1. The zero-order valence-electron chi connectivity index (χ0n) is 14.1. The lowest BCUT2D eigenvalue weighted by molar-refractivity contribution is -0.138. The number of methoxy groups -OCH3 is 1. The third-order valence-electron chi connectivity index (χ3n) is 2.92. The molecule has 0 atom stereocenters. The van der Waals surface area contributed by atoms with E-state index >= 15 is 0 Å². The second kappa shape index (κ2) is 7.04. The normalized spacial score (nSPS) is 11.9. The van der Waals surface area contributed by atoms with Gasteiger partial charge in [0.1, 0.15) is 21.9 Å². The molecule has 0 unspecified atom stereocenters. The molecule has 0 aliphatic carbocycles. The van der Waals surface area contributed by atoms with Crippen molar-refractivity contribution in [1.82, 2.24) is 9.78 Å². The van der Waals surface area contributed by atoms with Gasteiger partial charge in [-0.1, -0.05) is 15.9 Å². The van der Waals surface area contributed by atoms with E-state index in [0.717, 1.165) is 5.69 Å². The number of carbonyl (C=O) groups excluding carboxylic acids is 1. The van der Waals surface area contributed by atoms with Crippen molar-refractivity contribution in [2.75, 3.05) is 11.8 Å². The number of sulfonamides is 1. The van der Waals surface area contributed by atoms with Gasteiger partial charge in [0.2, 0.25) is 0 Å². The largest absolute Gasteiger partial charge is 0.495 e. The van der Waals surface area contributed by atoms with Crippen molar-refractivity contribution in [2.45, 2.75) is 31.3 Å². The summed E-state index contributed by atoms with van der Waals surface area (Å²) in [4.78, 5) is 9.67. The van der Waals surface area contributed by atoms with E-state index < -0.39 is 10.0 Å². The van der Waals surface area contributed by atoms with E-state index in [9.17, 15) is 13.2 Å². The third kappa shape index (κ3) is 4.95. The van der Waals surface area contributed by atoms with Crippen molar-refractivity contribution in [3.05, 3.63) is 28.9 Å². The van der Waals surface area contributed by atoms with Gasteiger partial charge in [-0.25, -0.2) is 13.1 Å². The zero-order valence-corrected chi connectivity index (χ0v) is 16.5. The molecule has 0 bridgehead atoms. The Hall–Kier alpha value is -2.07. The van der Waals surface area contributed by atoms with E-state index in [-0.39, 0.29) is 16.2 Å². The van der Waals surface area contributed by atoms with Crippen LogP contribution in [0.1, 0.15) is 20.8 Å². The first-order valence-corrected chi connectivity index (χ1v) is 9.43. The van der Waals surface area contributed by atoms with Gasteiger partial charge in [-0.05, 0) is 39.0 Å². The van der Waals surface area contributed by atoms with E-state index in [1.54, 1.807) is 23.0 Å². The number of rotatable bonds is 5. The number of hydrogen-bond donors (Lipinski definition) is 1. The molecule has 0 fully saturated rings. The molecule has 0 spiro atoms. The molecule has 25 heavy (non-hydrogen) atoms. The molecule has 10 heteroatoms. The van der Waals surface area contributed by atoms with Gasteiger partial charge < -0.3 is 9.47 Å². The Balaban J connectivity index is 0.000000277. The molecule has 1 aromatic carbocycles. The van der Waals surface area contributed by atoms with Crippen LogP contribution in [0, 0.1) is 0 Å². The van der Waals surface area contributed by atoms with Crippen LogP contribution in [-0.2, 0) is 19.6 Å². The van der Waals surface area contributed by atoms with Gasteiger partial charge in [0.25, 0.3) is 16.5 Å². The van der Waals surface area contributed by atoms with Crippen LogP contribution >= 0.6 is 15.9 Å². The first kappa shape index (κ1) is 19.3. The van der Waals surface area contributed by atoms with Crippen LogP contribution in [0.4, 0.5) is 5.82 Å². The highest BCUT2D eigenvalue weighted by Crippen LogP contribution is 2.34. The summed E-state index contributed by atoms with van der Waals surface area (Å²) in [6, 6.07) is 4.78. The Morgan fingerprint density at radius 1 is 1.32 bits per heavy atom. The smallest absolute Gasteiger partial charge is 0.293 e. The molecule has 0 radical (unpaired) electrons. The molecule has 1 N–H and O–H groups in total. The molecule has 1 aromatic rings. The van der Waals surface area contributed by atoms with Gasteiger partial charge in [-0.3, -0.25) is 9.52 Å². The van der Waals surface area contributed by atoms with Crippen molar-refractivity contribution < 1.29 is 22.7 Å². The average Bonchev–Trinajstić information content (AvgIpc) is 3.15. The molecular formula is C15H18BrN3O5S. The number of hydrogen-bond acceptors (Lipinski definition) is 6. The molecule has 3 rings (SSSR count). The standard InChI is InChI=1S/C10H8BrN3O3S.C5H10O2/c1-17-8-3-2-6(11)4-9(8)18(15,16)13-10-7-5-14(7)12-10;1-5(2,3)7-4-6/h2-5H,1H3,(H,12,13);4H,1-3H3. The predicted octanol–water partition coefficient (Wildman–Crippen LogP) is 2.72. The van der Waals surface area contributed by atoms with Gasteiger partial charge in [0.15, 0.2) is 5.82 Å². The van der Waals surface area contributed by atoms with E-state index in [2.05, 4.69) is 30.5 Å². The Labute approximate surface area is 154 Å². The van der Waals surface area contributed by atoms with E-state index in [1.165, 1.54) is 13.2 Å². The number of fused-ring (bicyclic) bond motifs is 1. The molecule has 2 heterocycles. The van der Waals surface area contributed by atoms with Gasteiger partial charge >= 0.3 is 0 Å². The number of carbonyl (C=O) groups is 1. The minimum atomic E-state index is -3.70. The first-order chi connectivity index (χ1) is 11.6. The lowest BCUT2D eigenvalue weighted by Crippen LogP contribution is -2.17. The summed E-state index contributed by atoms with van der Waals surface area (Å²) >= 11 is 3.24. The fourth-order valence-electron chi connectivity index (χ4n) is 1.71. The number of aromatic nitrogens is 2. The minimum Gasteiger partial charge on any atom is -0.495 e. The molecular weight excluding hydrogens is 414 g/mol. The Morgan fingerprint density at radius 2 is 2.00 bits per heavy atom. The van der Waals surface area contributed by atoms with Crippen LogP contribution in [-0.4, -0.2) is 37.4 Å². The van der Waals surface area contributed by atoms with E-state index in [1.807, 2.05) is 20.8 Å². The number of benzene rings is 1. The van der Waals surface area contributed by atoms with Crippen LogP contribution in [0.3, 0.4) is 0 Å². The molecule has 0 aromatic heterocycles. The Morgan fingerprint density at radius 3 is 2.40 bits per heavy atom. The quantitative estimate of drug-likeness (QED) is 0.623. The Kier molecular flexibility index (Phi) is 5.43. The first-order valence-electron chi connectivity index (χ1n) is 7.15. The fourth-order valence-corrected chi connectivity index (χ4v) is 3.43. The number of nitrogens with one attached hydrogen (secondary N) is 1. The summed E-state index contributed by atoms with van der Waals surface area (Å²) in [7, 11) is -2.27. The highest BCUT2D eigenvalue weighted by Gasteiger charge is 2.29. The van der Waals surface area contributed by atoms with Crippen LogP contribution in [0.15, 0.2) is 33.8 Å². The molecule has 2 aliphatic rings. The number of ether oxygens (including phenoxy) is 2. The summed E-state index contributed by atoms with van der Waals surface area (Å²) in [5, 5.41) is 3.90. The zero-order chi connectivity index (χ0) is 18.8. The summed E-state index contributed by atoms with van der Waals surface area (Å²) in [6.45, 7) is 5.92. The van der Waals surface area contributed by atoms with Crippen molar-refractivity contribution in [3.8, 4) is 11.4 Å². The lowest BCUT2D eigenvalue weighted by Gasteiger charge is -2.14. The summed E-state index contributed by atoms with van der Waals surface area (Å²) in [6.07, 6.45) is 1.73. The maximum absolute atomic E-state index is 12.2. The van der Waals surface area contributed by atoms with Gasteiger partial charge in [-0.2, -0.15) is 0 Å². The molecule has 8 nitrogen and oxygen atoms in total. The maximum Gasteiger partial charge on any atom is 0.293 e. The molecule has 0 saturated carbocycles. The van der Waals surface area contributed by atoms with Crippen molar-refractivity contribution in [1.29, 1.82) is 0 Å². The van der Waals surface area contributed by atoms with Gasteiger partial charge in [0, 0.05) is 4.47 Å². The van der Waals surface area contributed by atoms with Crippen LogP contribution in [0.2, 0.25) is 0 Å². The molecule has 0 amide bonds. The highest BCUT2D eigenvalue weighted by molar-refractivity contribution is 9.10. The van der Waals surface area contributed by atoms with Crippen molar-refractivity contribution >= 4 is 38.2 Å². The average molecular weight is 432 g/mol. The maximum atomic E-state index is 12.2. The summed E-state index contributed by atoms with van der Waals surface area (Å²) in [5.74, 6) is 0.643. The van der Waals surface area contributed by atoms with Crippen LogP contribution in [0.25, 0.3) is 5.69 Å². The second-order valence-corrected chi connectivity index (χ2v) is 8.60. The van der Waals surface area contributed by atoms with Crippen LogP contribution < -0.4 is 9.46 Å². The van der Waals surface area contributed by atoms with Gasteiger partial charge in [0.05, 0.1) is 13.3 Å². The topological polar surface area (TPSA) is 99.5 Å². The summed E-state index contributed by atoms with van der Waals surface area (Å²) < 4.78 is 38.7. The monoisotopic (exact) mass is 431 g/mol. The lowest BCUT2D eigenvalue weighted by atomic mass is 10.2. The van der Waals surface area contributed by atoms with Crippen molar-refractivity contribution in [3.63, 3.8) is 0 Å². The fraction of sp³-hybridized carbons (Fsp3) is 0.333. The van der Waals surface area contributed by atoms with Crippen LogP contribution in [0.5, 0.6) is 5.75 Å². The SMILES string of the molecule is CC(C)(C)OC=O.COc1ccc(Br)cc1S(=O)(=O)Nc1nn2cc1-2. The number of halogens is 1. The number of nitrogens with zero attached hydrogens (tertiary/aromatic N) is 2. The highest BCUT2D eigenvalue weighted by atomic mass is 79.9.